The molecule has 1 aromatic heterocycles. The Bertz CT molecular complexity index is 711. The minimum absolute atomic E-state index is 0.0877. The van der Waals surface area contributed by atoms with E-state index in [1.165, 1.54) is 0 Å². The maximum absolute atomic E-state index is 12.1. The number of carbonyl (C=O) groups is 2. The lowest BCUT2D eigenvalue weighted by atomic mass is 10.0. The lowest BCUT2D eigenvalue weighted by molar-refractivity contribution is -0.121. The van der Waals surface area contributed by atoms with Gasteiger partial charge in [-0.05, 0) is 18.1 Å². The van der Waals surface area contributed by atoms with Gasteiger partial charge in [-0.2, -0.15) is 0 Å². The van der Waals surface area contributed by atoms with Gasteiger partial charge in [0.2, 0.25) is 5.91 Å². The standard InChI is InChI=1S/C16H17N3O2S/c1-2-10-9-22-15(18-10)8-17-14(20)7-13-11-5-3-4-6-12(11)16(21)19-13/h3-6,9,13H,2,7-8H2,1H3,(H,17,20)(H,19,21). The highest BCUT2D eigenvalue weighted by Gasteiger charge is 2.29. The van der Waals surface area contributed by atoms with E-state index in [-0.39, 0.29) is 24.3 Å². The van der Waals surface area contributed by atoms with Gasteiger partial charge >= 0.3 is 0 Å². The third-order valence-corrected chi connectivity index (χ3v) is 4.57. The van der Waals surface area contributed by atoms with Crippen LogP contribution in [0.1, 0.15) is 46.0 Å². The number of hydrogen-bond acceptors (Lipinski definition) is 4. The topological polar surface area (TPSA) is 71.1 Å². The molecule has 1 unspecified atom stereocenters. The van der Waals surface area contributed by atoms with Crippen molar-refractivity contribution in [3.63, 3.8) is 0 Å². The second-order valence-corrected chi connectivity index (χ2v) is 6.12. The van der Waals surface area contributed by atoms with Crippen LogP contribution in [-0.4, -0.2) is 16.8 Å². The van der Waals surface area contributed by atoms with E-state index in [0.717, 1.165) is 22.7 Å². The fourth-order valence-electron chi connectivity index (χ4n) is 2.51. The Kier molecular flexibility index (Phi) is 4.20. The van der Waals surface area contributed by atoms with E-state index in [1.54, 1.807) is 17.4 Å². The van der Waals surface area contributed by atoms with E-state index in [9.17, 15) is 9.59 Å². The Balaban J connectivity index is 1.57. The molecule has 2 aromatic rings. The molecule has 0 spiro atoms. The lowest BCUT2D eigenvalue weighted by Gasteiger charge is -2.11. The molecule has 2 N–H and O–H groups in total. The first-order valence-corrected chi connectivity index (χ1v) is 8.15. The van der Waals surface area contributed by atoms with Gasteiger partial charge in [-0.3, -0.25) is 9.59 Å². The first kappa shape index (κ1) is 14.7. The lowest BCUT2D eigenvalue weighted by Crippen LogP contribution is -2.28. The number of nitrogens with one attached hydrogen (secondary N) is 2. The zero-order valence-corrected chi connectivity index (χ0v) is 13.1. The Hall–Kier alpha value is -2.21. The fraction of sp³-hybridized carbons (Fsp3) is 0.312. The van der Waals surface area contributed by atoms with Crippen molar-refractivity contribution in [3.05, 3.63) is 51.5 Å². The number of thiazole rings is 1. The van der Waals surface area contributed by atoms with Crippen molar-refractivity contribution < 1.29 is 9.59 Å². The molecule has 1 atom stereocenters. The molecule has 0 saturated heterocycles. The summed E-state index contributed by atoms with van der Waals surface area (Å²) in [7, 11) is 0. The normalized spacial score (nSPS) is 16.2. The number of carbonyl (C=O) groups excluding carboxylic acids is 2. The summed E-state index contributed by atoms with van der Waals surface area (Å²) in [5.74, 6) is -0.198. The molecule has 5 nitrogen and oxygen atoms in total. The number of fused-ring (bicyclic) bond motifs is 1. The largest absolute Gasteiger partial charge is 0.350 e. The van der Waals surface area contributed by atoms with Crippen LogP contribution < -0.4 is 10.6 Å². The molecule has 114 valence electrons. The predicted octanol–water partition coefficient (Wildman–Crippen LogP) is 2.20. The summed E-state index contributed by atoms with van der Waals surface area (Å²) in [4.78, 5) is 28.3. The van der Waals surface area contributed by atoms with Crippen LogP contribution in [0.25, 0.3) is 0 Å². The van der Waals surface area contributed by atoms with Crippen LogP contribution in [-0.2, 0) is 17.8 Å². The van der Waals surface area contributed by atoms with Crippen LogP contribution in [0.2, 0.25) is 0 Å². The van der Waals surface area contributed by atoms with E-state index in [1.807, 2.05) is 23.6 Å². The minimum atomic E-state index is -0.244. The fourth-order valence-corrected chi connectivity index (χ4v) is 3.32. The molecule has 1 aromatic carbocycles. The second kappa shape index (κ2) is 6.27. The van der Waals surface area contributed by atoms with Crippen molar-refractivity contribution in [2.24, 2.45) is 0 Å². The van der Waals surface area contributed by atoms with Crippen molar-refractivity contribution in [1.29, 1.82) is 0 Å². The Morgan fingerprint density at radius 2 is 2.23 bits per heavy atom. The Labute approximate surface area is 132 Å². The van der Waals surface area contributed by atoms with E-state index in [0.29, 0.717) is 12.1 Å². The SMILES string of the molecule is CCc1csc(CNC(=O)CC2NC(=O)c3ccccc32)n1. The van der Waals surface area contributed by atoms with Crippen LogP contribution in [0.15, 0.2) is 29.6 Å². The van der Waals surface area contributed by atoms with Gasteiger partial charge in [0, 0.05) is 10.9 Å². The van der Waals surface area contributed by atoms with E-state index < -0.39 is 0 Å². The van der Waals surface area contributed by atoms with E-state index in [2.05, 4.69) is 22.5 Å². The van der Waals surface area contributed by atoms with Crippen molar-refractivity contribution >= 4 is 23.2 Å². The van der Waals surface area contributed by atoms with Gasteiger partial charge in [0.05, 0.1) is 24.7 Å². The third-order valence-electron chi connectivity index (χ3n) is 3.67. The summed E-state index contributed by atoms with van der Waals surface area (Å²) in [6.07, 6.45) is 1.14. The average Bonchev–Trinajstić information content (AvgIpc) is 3.11. The highest BCUT2D eigenvalue weighted by atomic mass is 32.1. The van der Waals surface area contributed by atoms with Crippen molar-refractivity contribution in [1.82, 2.24) is 15.6 Å². The molecule has 0 radical (unpaired) electrons. The molecule has 0 aliphatic carbocycles. The minimum Gasteiger partial charge on any atom is -0.350 e. The summed E-state index contributed by atoms with van der Waals surface area (Å²) < 4.78 is 0. The quantitative estimate of drug-likeness (QED) is 0.888. The van der Waals surface area contributed by atoms with Crippen LogP contribution in [0, 0.1) is 0 Å². The number of aryl methyl sites for hydroxylation is 1. The first-order valence-electron chi connectivity index (χ1n) is 7.27. The predicted molar refractivity (Wildman–Crippen MR) is 84.6 cm³/mol. The zero-order valence-electron chi connectivity index (χ0n) is 12.3. The second-order valence-electron chi connectivity index (χ2n) is 5.18. The molecule has 0 bridgehead atoms. The number of nitrogens with zero attached hydrogens (tertiary/aromatic N) is 1. The van der Waals surface area contributed by atoms with Gasteiger partial charge in [0.25, 0.3) is 5.91 Å². The molecular formula is C16H17N3O2S. The molecule has 2 heterocycles. The molecule has 3 rings (SSSR count). The number of benzene rings is 1. The third kappa shape index (κ3) is 3.01. The first-order chi connectivity index (χ1) is 10.7. The maximum atomic E-state index is 12.1. The summed E-state index contributed by atoms with van der Waals surface area (Å²) in [5.41, 5.74) is 2.60. The van der Waals surface area contributed by atoms with Crippen LogP contribution in [0.4, 0.5) is 0 Å². The summed E-state index contributed by atoms with van der Waals surface area (Å²) in [5, 5.41) is 8.63. The van der Waals surface area contributed by atoms with Gasteiger partial charge < -0.3 is 10.6 Å². The smallest absolute Gasteiger partial charge is 0.252 e. The highest BCUT2D eigenvalue weighted by molar-refractivity contribution is 7.09. The van der Waals surface area contributed by atoms with Gasteiger partial charge in [0.15, 0.2) is 0 Å². The number of aromatic nitrogens is 1. The molecule has 2 amide bonds. The molecule has 0 fully saturated rings. The molecule has 0 saturated carbocycles. The van der Waals surface area contributed by atoms with Crippen LogP contribution in [0.3, 0.4) is 0 Å². The van der Waals surface area contributed by atoms with Crippen molar-refractivity contribution in [2.75, 3.05) is 0 Å². The van der Waals surface area contributed by atoms with Gasteiger partial charge in [-0.15, -0.1) is 11.3 Å². The Morgan fingerprint density at radius 3 is 3.00 bits per heavy atom. The molecule has 6 heteroatoms. The average molecular weight is 315 g/mol. The maximum Gasteiger partial charge on any atom is 0.252 e. The van der Waals surface area contributed by atoms with Crippen molar-refractivity contribution in [3.8, 4) is 0 Å². The van der Waals surface area contributed by atoms with Gasteiger partial charge in [-0.25, -0.2) is 4.98 Å². The summed E-state index contributed by atoms with van der Waals surface area (Å²) in [6, 6.07) is 7.14. The van der Waals surface area contributed by atoms with Gasteiger partial charge in [-0.1, -0.05) is 25.1 Å². The van der Waals surface area contributed by atoms with Crippen LogP contribution >= 0.6 is 11.3 Å². The van der Waals surface area contributed by atoms with E-state index >= 15 is 0 Å². The monoisotopic (exact) mass is 315 g/mol. The number of hydrogen-bond donors (Lipinski definition) is 2. The highest BCUT2D eigenvalue weighted by Crippen LogP contribution is 2.27. The van der Waals surface area contributed by atoms with Crippen molar-refractivity contribution in [2.45, 2.75) is 32.4 Å². The zero-order chi connectivity index (χ0) is 15.5. The number of rotatable bonds is 5. The molecule has 22 heavy (non-hydrogen) atoms. The Morgan fingerprint density at radius 1 is 1.41 bits per heavy atom. The number of amides is 2. The molecule has 1 aliphatic heterocycles. The molecule has 1 aliphatic rings. The van der Waals surface area contributed by atoms with Gasteiger partial charge in [0.1, 0.15) is 5.01 Å². The molecular weight excluding hydrogens is 298 g/mol. The summed E-state index contributed by atoms with van der Waals surface area (Å²) in [6.45, 7) is 2.49. The van der Waals surface area contributed by atoms with Crippen LogP contribution in [0.5, 0.6) is 0 Å². The van der Waals surface area contributed by atoms with E-state index in [4.69, 9.17) is 0 Å². The summed E-state index contributed by atoms with van der Waals surface area (Å²) >= 11 is 1.55.